The van der Waals surface area contributed by atoms with E-state index in [2.05, 4.69) is 44.4 Å². The van der Waals surface area contributed by atoms with Crippen molar-refractivity contribution in [2.45, 2.75) is 117 Å². The lowest BCUT2D eigenvalue weighted by atomic mass is 9.71. The van der Waals surface area contributed by atoms with Crippen LogP contribution in [0.2, 0.25) is 0 Å². The Bertz CT molecular complexity index is 1640. The molecule has 4 heterocycles. The molecule has 12 heteroatoms. The molecule has 0 spiro atoms. The van der Waals surface area contributed by atoms with Crippen LogP contribution < -0.4 is 4.90 Å². The molecule has 2 fully saturated rings. The zero-order valence-corrected chi connectivity index (χ0v) is 33.0. The Hall–Kier alpha value is -3.77. The van der Waals surface area contributed by atoms with Crippen molar-refractivity contribution in [3.63, 3.8) is 0 Å². The predicted octanol–water partition coefficient (Wildman–Crippen LogP) is 6.23. The lowest BCUT2D eigenvalue weighted by Crippen LogP contribution is -2.72. The van der Waals surface area contributed by atoms with Gasteiger partial charge in [0.1, 0.15) is 11.4 Å². The maximum Gasteiger partial charge on any atom is 0.410 e. The molecule has 1 aromatic carbocycles. The van der Waals surface area contributed by atoms with Crippen molar-refractivity contribution in [2.75, 3.05) is 50.7 Å². The summed E-state index contributed by atoms with van der Waals surface area (Å²) in [4.78, 5) is 55.0. The van der Waals surface area contributed by atoms with E-state index in [0.29, 0.717) is 39.1 Å². The van der Waals surface area contributed by atoms with Crippen LogP contribution in [0.1, 0.15) is 93.0 Å². The largest absolute Gasteiger partial charge is 0.465 e. The molecule has 4 atom stereocenters. The van der Waals surface area contributed by atoms with Gasteiger partial charge in [0.05, 0.1) is 23.5 Å². The van der Waals surface area contributed by atoms with Gasteiger partial charge in [0, 0.05) is 69.0 Å². The number of nitrogens with zero attached hydrogens (tertiary/aromatic N) is 6. The van der Waals surface area contributed by atoms with E-state index in [9.17, 15) is 23.9 Å². The average molecular weight is 723 g/mol. The van der Waals surface area contributed by atoms with Crippen molar-refractivity contribution in [1.29, 1.82) is 0 Å². The number of hydrogen-bond acceptors (Lipinski definition) is 7. The standard InChI is InChI=1S/C40H59FN6O5/c1-26-19-43(20-27(2)47(26)36(51)52-38(6,7)8)21-31-22-46(35(49)50)40(11,37(3,4)5)25-44(31)23-33(48)45-24-39(9,10)34-32(45)17-29(18-42-34)16-28-12-14-30(41)15-13-28/h12-15,17-18,26-27,31H,16,19-25H2,1-11H3,(H,49,50)/t26-,27+,31-,40-/m0/s1. The smallest absolute Gasteiger partial charge is 0.410 e. The van der Waals surface area contributed by atoms with Crippen LogP contribution in [0.15, 0.2) is 36.5 Å². The second-order valence-corrected chi connectivity index (χ2v) is 18.2. The molecule has 2 aromatic rings. The maximum absolute atomic E-state index is 14.5. The molecule has 286 valence electrons. The predicted molar refractivity (Wildman–Crippen MR) is 200 cm³/mol. The van der Waals surface area contributed by atoms with Crippen LogP contribution in [0.25, 0.3) is 0 Å². The van der Waals surface area contributed by atoms with E-state index in [1.165, 1.54) is 12.1 Å². The average Bonchev–Trinajstić information content (AvgIpc) is 3.27. The highest BCUT2D eigenvalue weighted by Crippen LogP contribution is 2.42. The van der Waals surface area contributed by atoms with Gasteiger partial charge in [-0.1, -0.05) is 46.8 Å². The van der Waals surface area contributed by atoms with Gasteiger partial charge in [-0.15, -0.1) is 0 Å². The molecule has 0 radical (unpaired) electrons. The lowest BCUT2D eigenvalue weighted by molar-refractivity contribution is -0.125. The number of piperazine rings is 2. The molecular weight excluding hydrogens is 663 g/mol. The van der Waals surface area contributed by atoms with Gasteiger partial charge in [-0.3, -0.25) is 24.5 Å². The van der Waals surface area contributed by atoms with E-state index >= 15 is 0 Å². The molecule has 52 heavy (non-hydrogen) atoms. The Morgan fingerprint density at radius 3 is 2.12 bits per heavy atom. The molecule has 1 aromatic heterocycles. The third-order valence-corrected chi connectivity index (χ3v) is 11.3. The van der Waals surface area contributed by atoms with Crippen molar-refractivity contribution < 1.29 is 28.6 Å². The Labute approximate surface area is 309 Å². The van der Waals surface area contributed by atoms with Crippen molar-refractivity contribution >= 4 is 23.8 Å². The highest BCUT2D eigenvalue weighted by Gasteiger charge is 2.52. The van der Waals surface area contributed by atoms with Gasteiger partial charge in [0.15, 0.2) is 0 Å². The van der Waals surface area contributed by atoms with E-state index in [4.69, 9.17) is 9.72 Å². The first-order chi connectivity index (χ1) is 24.0. The minimum atomic E-state index is -0.972. The fourth-order valence-electron chi connectivity index (χ4n) is 8.17. The zero-order valence-electron chi connectivity index (χ0n) is 33.0. The number of hydrogen-bond donors (Lipinski definition) is 1. The number of anilines is 1. The third kappa shape index (κ3) is 8.23. The van der Waals surface area contributed by atoms with E-state index in [1.54, 1.807) is 21.9 Å². The number of carbonyl (C=O) groups is 3. The second kappa shape index (κ2) is 14.2. The van der Waals surface area contributed by atoms with Gasteiger partial charge < -0.3 is 19.6 Å². The molecule has 3 aliphatic heterocycles. The normalized spacial score (nSPS) is 25.6. The van der Waals surface area contributed by atoms with Crippen LogP contribution >= 0.6 is 0 Å². The van der Waals surface area contributed by atoms with E-state index in [0.717, 1.165) is 22.5 Å². The van der Waals surface area contributed by atoms with Crippen molar-refractivity contribution in [3.8, 4) is 0 Å². The number of pyridine rings is 1. The highest BCUT2D eigenvalue weighted by atomic mass is 19.1. The molecule has 1 N–H and O–H groups in total. The summed E-state index contributed by atoms with van der Waals surface area (Å²) in [5.41, 5.74) is 1.39. The Morgan fingerprint density at radius 1 is 0.942 bits per heavy atom. The summed E-state index contributed by atoms with van der Waals surface area (Å²) < 4.78 is 19.3. The fraction of sp³-hybridized carbons (Fsp3) is 0.650. The lowest BCUT2D eigenvalue weighted by Gasteiger charge is -2.57. The first-order valence-electron chi connectivity index (χ1n) is 18.5. The van der Waals surface area contributed by atoms with E-state index < -0.39 is 22.6 Å². The van der Waals surface area contributed by atoms with Crippen molar-refractivity contribution in [1.82, 2.24) is 24.6 Å². The van der Waals surface area contributed by atoms with Crippen LogP contribution in [0.4, 0.5) is 19.7 Å². The summed E-state index contributed by atoms with van der Waals surface area (Å²) in [5, 5.41) is 10.5. The molecule has 11 nitrogen and oxygen atoms in total. The monoisotopic (exact) mass is 722 g/mol. The van der Waals surface area contributed by atoms with Gasteiger partial charge >= 0.3 is 12.2 Å². The Balaban J connectivity index is 1.41. The maximum atomic E-state index is 14.5. The quantitative estimate of drug-likeness (QED) is 0.374. The summed E-state index contributed by atoms with van der Waals surface area (Å²) in [6.07, 6.45) is 1.10. The van der Waals surface area contributed by atoms with Gasteiger partial charge in [-0.2, -0.15) is 0 Å². The molecule has 0 unspecified atom stereocenters. The van der Waals surface area contributed by atoms with Crippen LogP contribution in [-0.4, -0.2) is 123 Å². The Morgan fingerprint density at radius 2 is 1.56 bits per heavy atom. The third-order valence-electron chi connectivity index (χ3n) is 11.3. The molecule has 3 aliphatic rings. The van der Waals surface area contributed by atoms with Crippen LogP contribution in [0.3, 0.4) is 0 Å². The highest BCUT2D eigenvalue weighted by molar-refractivity contribution is 5.97. The van der Waals surface area contributed by atoms with Crippen LogP contribution in [0, 0.1) is 11.2 Å². The minimum absolute atomic E-state index is 0.0610. The molecule has 5 rings (SSSR count). The summed E-state index contributed by atoms with van der Waals surface area (Å²) in [6, 6.07) is 7.95. The first-order valence-corrected chi connectivity index (χ1v) is 18.5. The second-order valence-electron chi connectivity index (χ2n) is 18.2. The minimum Gasteiger partial charge on any atom is -0.465 e. The number of carbonyl (C=O) groups excluding carboxylic acids is 2. The van der Waals surface area contributed by atoms with Gasteiger partial charge in [0.2, 0.25) is 5.91 Å². The van der Waals surface area contributed by atoms with E-state index in [-0.39, 0.29) is 54.4 Å². The number of rotatable bonds is 6. The zero-order chi connectivity index (χ0) is 38.6. The number of fused-ring (bicyclic) bond motifs is 1. The molecule has 2 saturated heterocycles. The number of aromatic nitrogens is 1. The SMILES string of the molecule is C[C@@H]1CN(C[C@H]2CN(C(=O)O)[C@](C)(C(C)(C)C)CN2CC(=O)N2CC(C)(C)c3ncc(Cc4ccc(F)cc4)cc32)C[C@H](C)N1C(=O)OC(C)(C)C. The molecule has 0 bridgehead atoms. The summed E-state index contributed by atoms with van der Waals surface area (Å²) in [6.45, 7) is 24.9. The number of benzene rings is 1. The number of ether oxygens (including phenoxy) is 1. The van der Waals surface area contributed by atoms with Gasteiger partial charge in [-0.25, -0.2) is 14.0 Å². The van der Waals surface area contributed by atoms with Gasteiger partial charge in [-0.05, 0) is 82.7 Å². The number of halogens is 1. The van der Waals surface area contributed by atoms with E-state index in [1.807, 2.05) is 58.7 Å². The van der Waals surface area contributed by atoms with Crippen molar-refractivity contribution in [2.24, 2.45) is 5.41 Å². The summed E-state index contributed by atoms with van der Waals surface area (Å²) >= 11 is 0. The summed E-state index contributed by atoms with van der Waals surface area (Å²) in [7, 11) is 0. The van der Waals surface area contributed by atoms with Gasteiger partial charge in [0.25, 0.3) is 0 Å². The molecular formula is C40H59FN6O5. The van der Waals surface area contributed by atoms with Crippen molar-refractivity contribution in [3.05, 3.63) is 59.2 Å². The molecule has 0 aliphatic carbocycles. The first kappa shape index (κ1) is 39.4. The molecule has 3 amide bonds. The number of carboxylic acid groups (broad SMARTS) is 1. The van der Waals surface area contributed by atoms with Crippen LogP contribution in [-0.2, 0) is 21.4 Å². The topological polar surface area (TPSA) is 110 Å². The summed E-state index contributed by atoms with van der Waals surface area (Å²) in [5.74, 6) is -0.347. The fourth-order valence-corrected chi connectivity index (χ4v) is 8.17. The number of amides is 3. The van der Waals surface area contributed by atoms with Crippen LogP contribution in [0.5, 0.6) is 0 Å². The Kier molecular flexibility index (Phi) is 10.8. The molecule has 0 saturated carbocycles.